The Morgan fingerprint density at radius 3 is 2.00 bits per heavy atom. The van der Waals surface area contributed by atoms with Crippen LogP contribution < -0.4 is 10.6 Å². The summed E-state index contributed by atoms with van der Waals surface area (Å²) in [5.74, 6) is -1.81. The molecule has 3 N–H and O–H groups in total. The number of benzene rings is 2. The maximum Gasteiger partial charge on any atom is 0.407 e. The van der Waals surface area contributed by atoms with Crippen molar-refractivity contribution in [1.29, 1.82) is 0 Å². The fraction of sp³-hybridized carbons (Fsp3) is 0.375. The monoisotopic (exact) mass is 424 g/mol. The van der Waals surface area contributed by atoms with Crippen LogP contribution in [0.4, 0.5) is 4.79 Å². The zero-order chi connectivity index (χ0) is 22.5. The molecule has 7 heteroatoms. The molecule has 0 aliphatic heterocycles. The standard InChI is InChI=1S/C24H28N2O5/c1-14(2)22(23(28)29)26-21(27)12-15(3)25-24(30)31-13-20-18-10-6-4-8-16(18)17-9-5-7-11-19(17)20/h4-11,14-15,20,22H,12-13H2,1-3H3,(H,25,30)(H,26,27)(H,28,29)/t15-,22+/m1/s1. The van der Waals surface area contributed by atoms with Gasteiger partial charge in [0, 0.05) is 18.4 Å². The SMILES string of the molecule is CC(C)[C@H](NC(=O)C[C@@H](C)NC(=O)OCC1c2ccccc2-c2ccccc21)C(=O)O. The highest BCUT2D eigenvalue weighted by atomic mass is 16.5. The Kier molecular flexibility index (Phi) is 6.95. The Bertz CT molecular complexity index is 926. The van der Waals surface area contributed by atoms with Crippen LogP contribution in [-0.4, -0.2) is 41.8 Å². The summed E-state index contributed by atoms with van der Waals surface area (Å²) in [5, 5.41) is 14.3. The minimum Gasteiger partial charge on any atom is -0.480 e. The van der Waals surface area contributed by atoms with E-state index < -0.39 is 30.1 Å². The highest BCUT2D eigenvalue weighted by Gasteiger charge is 2.29. The molecular weight excluding hydrogens is 396 g/mol. The lowest BCUT2D eigenvalue weighted by Gasteiger charge is -2.20. The summed E-state index contributed by atoms with van der Waals surface area (Å²) in [7, 11) is 0. The number of carboxylic acid groups (broad SMARTS) is 1. The first-order valence-electron chi connectivity index (χ1n) is 10.4. The van der Waals surface area contributed by atoms with Crippen LogP contribution in [0.5, 0.6) is 0 Å². The molecule has 31 heavy (non-hydrogen) atoms. The number of rotatable bonds is 8. The fourth-order valence-corrected chi connectivity index (χ4v) is 3.92. The lowest BCUT2D eigenvalue weighted by Crippen LogP contribution is -2.46. The van der Waals surface area contributed by atoms with Crippen LogP contribution in [0, 0.1) is 5.92 Å². The predicted molar refractivity (Wildman–Crippen MR) is 117 cm³/mol. The molecule has 2 atom stereocenters. The topological polar surface area (TPSA) is 105 Å². The number of nitrogens with one attached hydrogen (secondary N) is 2. The molecule has 2 aromatic rings. The minimum absolute atomic E-state index is 0.0410. The van der Waals surface area contributed by atoms with Crippen molar-refractivity contribution in [2.24, 2.45) is 5.92 Å². The summed E-state index contributed by atoms with van der Waals surface area (Å²) in [4.78, 5) is 35.6. The Labute approximate surface area is 181 Å². The molecule has 0 heterocycles. The van der Waals surface area contributed by atoms with Crippen molar-refractivity contribution < 1.29 is 24.2 Å². The van der Waals surface area contributed by atoms with Gasteiger partial charge >= 0.3 is 12.1 Å². The summed E-state index contributed by atoms with van der Waals surface area (Å²) < 4.78 is 5.47. The van der Waals surface area contributed by atoms with Gasteiger partial charge in [-0.2, -0.15) is 0 Å². The average Bonchev–Trinajstić information content (AvgIpc) is 3.04. The molecule has 7 nitrogen and oxygen atoms in total. The number of aliphatic carboxylic acids is 1. The van der Waals surface area contributed by atoms with Crippen LogP contribution >= 0.6 is 0 Å². The second-order valence-electron chi connectivity index (χ2n) is 8.20. The van der Waals surface area contributed by atoms with E-state index in [1.807, 2.05) is 36.4 Å². The maximum absolute atomic E-state index is 12.3. The molecular formula is C24H28N2O5. The van der Waals surface area contributed by atoms with Crippen molar-refractivity contribution in [3.8, 4) is 11.1 Å². The molecule has 2 amide bonds. The first kappa shape index (κ1) is 22.3. The lowest BCUT2D eigenvalue weighted by atomic mass is 9.98. The van der Waals surface area contributed by atoms with Crippen molar-refractivity contribution in [3.05, 3.63) is 59.7 Å². The molecule has 1 aliphatic rings. The number of carbonyl (C=O) groups is 3. The van der Waals surface area contributed by atoms with E-state index in [1.54, 1.807) is 20.8 Å². The highest BCUT2D eigenvalue weighted by molar-refractivity contribution is 5.84. The molecule has 3 rings (SSSR count). The Balaban J connectivity index is 1.54. The number of carbonyl (C=O) groups excluding carboxylic acids is 2. The number of hydrogen-bond acceptors (Lipinski definition) is 4. The lowest BCUT2D eigenvalue weighted by molar-refractivity contribution is -0.143. The molecule has 0 unspecified atom stereocenters. The third-order valence-corrected chi connectivity index (χ3v) is 5.45. The van der Waals surface area contributed by atoms with Gasteiger partial charge in [0.25, 0.3) is 0 Å². The normalized spacial score (nSPS) is 14.3. The summed E-state index contributed by atoms with van der Waals surface area (Å²) >= 11 is 0. The highest BCUT2D eigenvalue weighted by Crippen LogP contribution is 2.44. The number of fused-ring (bicyclic) bond motifs is 3. The van der Waals surface area contributed by atoms with Crippen LogP contribution in [0.15, 0.2) is 48.5 Å². The number of amides is 2. The molecule has 1 aliphatic carbocycles. The van der Waals surface area contributed by atoms with Gasteiger partial charge in [-0.05, 0) is 35.1 Å². The molecule has 0 radical (unpaired) electrons. The number of ether oxygens (including phenoxy) is 1. The van der Waals surface area contributed by atoms with E-state index >= 15 is 0 Å². The van der Waals surface area contributed by atoms with Gasteiger partial charge in [-0.3, -0.25) is 4.79 Å². The smallest absolute Gasteiger partial charge is 0.407 e. The summed E-state index contributed by atoms with van der Waals surface area (Å²) in [6.07, 6.45) is -0.651. The van der Waals surface area contributed by atoms with Gasteiger partial charge in [0.1, 0.15) is 12.6 Å². The third kappa shape index (κ3) is 5.23. The van der Waals surface area contributed by atoms with Crippen LogP contribution in [0.1, 0.15) is 44.2 Å². The predicted octanol–water partition coefficient (Wildman–Crippen LogP) is 3.53. The van der Waals surface area contributed by atoms with Gasteiger partial charge in [0.15, 0.2) is 0 Å². The quantitative estimate of drug-likeness (QED) is 0.601. The maximum atomic E-state index is 12.3. The molecule has 0 saturated carbocycles. The van der Waals surface area contributed by atoms with E-state index in [0.717, 1.165) is 22.3 Å². The summed E-state index contributed by atoms with van der Waals surface area (Å²) in [6.45, 7) is 5.30. The minimum atomic E-state index is -1.08. The van der Waals surface area contributed by atoms with E-state index in [0.29, 0.717) is 0 Å². The molecule has 0 spiro atoms. The van der Waals surface area contributed by atoms with E-state index in [2.05, 4.69) is 22.8 Å². The van der Waals surface area contributed by atoms with Crippen molar-refractivity contribution in [2.75, 3.05) is 6.61 Å². The number of carboxylic acids is 1. The average molecular weight is 424 g/mol. The second-order valence-corrected chi connectivity index (χ2v) is 8.20. The van der Waals surface area contributed by atoms with Crippen LogP contribution in [-0.2, 0) is 14.3 Å². The van der Waals surface area contributed by atoms with E-state index in [9.17, 15) is 19.5 Å². The third-order valence-electron chi connectivity index (χ3n) is 5.45. The van der Waals surface area contributed by atoms with Gasteiger partial charge < -0.3 is 20.5 Å². The van der Waals surface area contributed by atoms with Gasteiger partial charge in [-0.1, -0.05) is 62.4 Å². The Hall–Kier alpha value is -3.35. The molecule has 0 fully saturated rings. The number of alkyl carbamates (subject to hydrolysis) is 1. The first-order valence-corrected chi connectivity index (χ1v) is 10.4. The molecule has 2 aromatic carbocycles. The summed E-state index contributed by atoms with van der Waals surface area (Å²) in [5.41, 5.74) is 4.54. The van der Waals surface area contributed by atoms with Gasteiger partial charge in [-0.25, -0.2) is 9.59 Å². The second kappa shape index (κ2) is 9.64. The molecule has 0 saturated heterocycles. The van der Waals surface area contributed by atoms with Crippen molar-refractivity contribution in [3.63, 3.8) is 0 Å². The van der Waals surface area contributed by atoms with E-state index in [1.165, 1.54) is 0 Å². The van der Waals surface area contributed by atoms with Crippen LogP contribution in [0.2, 0.25) is 0 Å². The number of hydrogen-bond donors (Lipinski definition) is 3. The van der Waals surface area contributed by atoms with Gasteiger partial charge in [0.05, 0.1) is 0 Å². The van der Waals surface area contributed by atoms with Crippen molar-refractivity contribution in [2.45, 2.75) is 45.2 Å². The van der Waals surface area contributed by atoms with E-state index in [-0.39, 0.29) is 24.9 Å². The Morgan fingerprint density at radius 1 is 0.935 bits per heavy atom. The molecule has 164 valence electrons. The van der Waals surface area contributed by atoms with Crippen molar-refractivity contribution in [1.82, 2.24) is 10.6 Å². The van der Waals surface area contributed by atoms with Crippen LogP contribution in [0.25, 0.3) is 11.1 Å². The largest absolute Gasteiger partial charge is 0.480 e. The van der Waals surface area contributed by atoms with Gasteiger partial charge in [0.2, 0.25) is 5.91 Å². The summed E-state index contributed by atoms with van der Waals surface area (Å²) in [6, 6.07) is 14.7. The first-order chi connectivity index (χ1) is 14.8. The van der Waals surface area contributed by atoms with Gasteiger partial charge in [-0.15, -0.1) is 0 Å². The van der Waals surface area contributed by atoms with Crippen LogP contribution in [0.3, 0.4) is 0 Å². The molecule has 0 aromatic heterocycles. The zero-order valence-electron chi connectivity index (χ0n) is 17.9. The van der Waals surface area contributed by atoms with Crippen molar-refractivity contribution >= 4 is 18.0 Å². The zero-order valence-corrected chi connectivity index (χ0v) is 17.9. The molecule has 0 bridgehead atoms. The Morgan fingerprint density at radius 2 is 1.48 bits per heavy atom. The fourth-order valence-electron chi connectivity index (χ4n) is 3.92. The van der Waals surface area contributed by atoms with E-state index in [4.69, 9.17) is 4.74 Å².